The highest BCUT2D eigenvalue weighted by Crippen LogP contribution is 2.10. The molecule has 0 amide bonds. The molecule has 0 aliphatic carbocycles. The molecule has 4 heteroatoms. The van der Waals surface area contributed by atoms with Crippen molar-refractivity contribution >= 4 is 25.6 Å². The van der Waals surface area contributed by atoms with E-state index in [0.717, 1.165) is 0 Å². The molecule has 0 aromatic rings. The van der Waals surface area contributed by atoms with Gasteiger partial charge < -0.3 is 4.74 Å². The minimum absolute atomic E-state index is 0.279. The Morgan fingerprint density at radius 2 is 1.93 bits per heavy atom. The van der Waals surface area contributed by atoms with Gasteiger partial charge in [-0.15, -0.1) is 5.54 Å². The van der Waals surface area contributed by atoms with Crippen LogP contribution < -0.4 is 0 Å². The molecular weight excluding hydrogens is 228 g/mol. The predicted octanol–water partition coefficient (Wildman–Crippen LogP) is 2.94. The molecule has 0 radical (unpaired) electrons. The zero-order chi connectivity index (χ0) is 12.1. The van der Waals surface area contributed by atoms with E-state index in [1.807, 2.05) is 0 Å². The van der Waals surface area contributed by atoms with Crippen LogP contribution in [0.25, 0.3) is 0 Å². The van der Waals surface area contributed by atoms with Gasteiger partial charge >= 0.3 is 5.97 Å². The fourth-order valence-corrected chi connectivity index (χ4v) is 1.36. The summed E-state index contributed by atoms with van der Waals surface area (Å²) in [5, 5.41) is 0.388. The average Bonchev–Trinajstić information content (AvgIpc) is 2.01. The number of halogens is 1. The highest BCUT2D eigenvalue weighted by Gasteiger charge is 2.13. The van der Waals surface area contributed by atoms with Gasteiger partial charge in [0, 0.05) is 5.03 Å². The van der Waals surface area contributed by atoms with Gasteiger partial charge in [0.15, 0.2) is 0 Å². The molecule has 0 atom stereocenters. The van der Waals surface area contributed by atoms with Gasteiger partial charge in [0.1, 0.15) is 13.6 Å². The van der Waals surface area contributed by atoms with E-state index in [1.165, 1.54) is 0 Å². The van der Waals surface area contributed by atoms with Crippen molar-refractivity contribution in [2.45, 2.75) is 33.5 Å². The highest BCUT2D eigenvalue weighted by atomic mass is 35.5. The molecule has 0 aromatic heterocycles. The Bertz CT molecular complexity index is 325. The minimum atomic E-state index is -1.50. The van der Waals surface area contributed by atoms with Gasteiger partial charge in [-0.05, 0) is 13.8 Å². The molecule has 0 unspecified atom stereocenters. The van der Waals surface area contributed by atoms with Gasteiger partial charge in [0.2, 0.25) is 0 Å². The monoisotopic (exact) mass is 244 g/mol. The fourth-order valence-electron chi connectivity index (χ4n) is 0.731. The van der Waals surface area contributed by atoms with Crippen LogP contribution in [0.15, 0.2) is 10.6 Å². The molecule has 0 N–H and O–H groups in total. The number of hydrogen-bond acceptors (Lipinski definition) is 2. The summed E-state index contributed by atoms with van der Waals surface area (Å²) in [6.07, 6.45) is 0. The van der Waals surface area contributed by atoms with Crippen LogP contribution in [-0.4, -0.2) is 20.7 Å². The predicted molar refractivity (Wildman–Crippen MR) is 66.3 cm³/mol. The van der Waals surface area contributed by atoms with Crippen molar-refractivity contribution in [3.8, 4) is 11.5 Å². The average molecular weight is 245 g/mol. The van der Waals surface area contributed by atoms with Crippen molar-refractivity contribution in [3.63, 3.8) is 0 Å². The van der Waals surface area contributed by atoms with Crippen LogP contribution >= 0.6 is 11.6 Å². The van der Waals surface area contributed by atoms with Crippen LogP contribution in [0.4, 0.5) is 0 Å². The maximum atomic E-state index is 11.4. The first-order chi connectivity index (χ1) is 6.78. The van der Waals surface area contributed by atoms with Crippen molar-refractivity contribution in [2.75, 3.05) is 6.61 Å². The molecule has 2 nitrogen and oxygen atoms in total. The molecular formula is C11H17ClO2Si. The largest absolute Gasteiger partial charge is 0.462 e. The molecule has 0 heterocycles. The molecule has 0 saturated heterocycles. The molecule has 0 bridgehead atoms. The van der Waals surface area contributed by atoms with E-state index in [2.05, 4.69) is 31.1 Å². The fraction of sp³-hybridized carbons (Fsp3) is 0.545. The lowest BCUT2D eigenvalue weighted by molar-refractivity contribution is -0.138. The van der Waals surface area contributed by atoms with Crippen molar-refractivity contribution in [2.24, 2.45) is 0 Å². The summed E-state index contributed by atoms with van der Waals surface area (Å²) >= 11 is 5.79. The molecule has 0 aliphatic heterocycles. The number of ether oxygens (including phenoxy) is 1. The van der Waals surface area contributed by atoms with Crippen molar-refractivity contribution in [1.29, 1.82) is 0 Å². The van der Waals surface area contributed by atoms with Gasteiger partial charge in [0.05, 0.1) is 6.61 Å². The van der Waals surface area contributed by atoms with E-state index in [-0.39, 0.29) is 5.57 Å². The summed E-state index contributed by atoms with van der Waals surface area (Å²) in [6.45, 7) is 10.0. The lowest BCUT2D eigenvalue weighted by atomic mass is 10.3. The van der Waals surface area contributed by atoms with Crippen LogP contribution in [0.3, 0.4) is 0 Å². The Morgan fingerprint density at radius 3 is 2.27 bits per heavy atom. The Labute approximate surface area is 97.7 Å². The second-order valence-electron chi connectivity index (χ2n) is 4.13. The van der Waals surface area contributed by atoms with Gasteiger partial charge in [0.25, 0.3) is 0 Å². The second kappa shape index (κ2) is 5.99. The number of carbonyl (C=O) groups is 1. The van der Waals surface area contributed by atoms with E-state index in [1.54, 1.807) is 13.8 Å². The third-order valence-corrected chi connectivity index (χ3v) is 2.45. The summed E-state index contributed by atoms with van der Waals surface area (Å²) in [5.74, 6) is 2.39. The Morgan fingerprint density at radius 1 is 1.40 bits per heavy atom. The van der Waals surface area contributed by atoms with E-state index in [0.29, 0.717) is 11.6 Å². The molecule has 84 valence electrons. The van der Waals surface area contributed by atoms with Crippen LogP contribution in [0.1, 0.15) is 13.8 Å². The van der Waals surface area contributed by atoms with Crippen molar-refractivity contribution in [1.82, 2.24) is 0 Å². The summed E-state index contributed by atoms with van der Waals surface area (Å²) in [4.78, 5) is 11.4. The number of rotatable bonds is 2. The SMILES string of the molecule is CCOC(=O)/C(C#C[Si](C)(C)C)=C(/C)Cl. The van der Waals surface area contributed by atoms with Crippen LogP contribution in [0, 0.1) is 11.5 Å². The van der Waals surface area contributed by atoms with E-state index >= 15 is 0 Å². The summed E-state index contributed by atoms with van der Waals surface area (Å²) in [7, 11) is -1.50. The zero-order valence-electron chi connectivity index (χ0n) is 9.90. The molecule has 15 heavy (non-hydrogen) atoms. The number of allylic oxidation sites excluding steroid dienone is 1. The van der Waals surface area contributed by atoms with Gasteiger partial charge in [-0.25, -0.2) is 4.79 Å². The van der Waals surface area contributed by atoms with E-state index in [9.17, 15) is 4.79 Å². The normalized spacial score (nSPS) is 12.4. The molecule has 0 fully saturated rings. The Balaban J connectivity index is 4.95. The van der Waals surface area contributed by atoms with Gasteiger partial charge in [-0.3, -0.25) is 0 Å². The molecule has 0 spiro atoms. The third-order valence-electron chi connectivity index (χ3n) is 1.39. The summed E-state index contributed by atoms with van der Waals surface area (Å²) < 4.78 is 4.86. The van der Waals surface area contributed by atoms with Gasteiger partial charge in [-0.1, -0.05) is 37.2 Å². The second-order valence-corrected chi connectivity index (χ2v) is 9.45. The quantitative estimate of drug-likeness (QED) is 0.323. The first-order valence-corrected chi connectivity index (χ1v) is 8.72. The highest BCUT2D eigenvalue weighted by molar-refractivity contribution is 6.84. The Hall–Kier alpha value is -0.723. The number of hydrogen-bond donors (Lipinski definition) is 0. The zero-order valence-corrected chi connectivity index (χ0v) is 11.7. The molecule has 0 saturated carbocycles. The topological polar surface area (TPSA) is 26.3 Å². The first kappa shape index (κ1) is 14.3. The maximum absolute atomic E-state index is 11.4. The smallest absolute Gasteiger partial charge is 0.347 e. The van der Waals surface area contributed by atoms with Crippen LogP contribution in [-0.2, 0) is 9.53 Å². The van der Waals surface area contributed by atoms with E-state index in [4.69, 9.17) is 16.3 Å². The molecule has 0 aromatic carbocycles. The van der Waals surface area contributed by atoms with Crippen LogP contribution in [0.5, 0.6) is 0 Å². The number of carbonyl (C=O) groups excluding carboxylic acids is 1. The lowest BCUT2D eigenvalue weighted by Gasteiger charge is -2.05. The minimum Gasteiger partial charge on any atom is -0.462 e. The molecule has 0 rings (SSSR count). The van der Waals surface area contributed by atoms with E-state index < -0.39 is 14.0 Å². The molecule has 0 aliphatic rings. The number of esters is 1. The van der Waals surface area contributed by atoms with Crippen molar-refractivity contribution in [3.05, 3.63) is 10.6 Å². The summed E-state index contributed by atoms with van der Waals surface area (Å²) in [6, 6.07) is 0. The maximum Gasteiger partial charge on any atom is 0.347 e. The Kier molecular flexibility index (Phi) is 5.70. The summed E-state index contributed by atoms with van der Waals surface area (Å²) in [5.41, 5.74) is 3.37. The third kappa shape index (κ3) is 6.37. The standard InChI is InChI=1S/C11H17ClO2Si/c1-6-14-11(13)10(9(2)12)7-8-15(3,4)5/h6H2,1-5H3/b10-9-. The lowest BCUT2D eigenvalue weighted by Crippen LogP contribution is -2.17. The van der Waals surface area contributed by atoms with Gasteiger partial charge in [-0.2, -0.15) is 0 Å². The first-order valence-electron chi connectivity index (χ1n) is 4.84. The van der Waals surface area contributed by atoms with Crippen LogP contribution in [0.2, 0.25) is 19.6 Å². The van der Waals surface area contributed by atoms with Crippen molar-refractivity contribution < 1.29 is 9.53 Å².